The molecule has 0 radical (unpaired) electrons. The van der Waals surface area contributed by atoms with E-state index in [0.29, 0.717) is 0 Å². The van der Waals surface area contributed by atoms with Gasteiger partial charge in [0.15, 0.2) is 0 Å². The van der Waals surface area contributed by atoms with Crippen LogP contribution in [0.3, 0.4) is 0 Å². The van der Waals surface area contributed by atoms with E-state index in [4.69, 9.17) is 11.6 Å². The van der Waals surface area contributed by atoms with E-state index in [1.165, 1.54) is 4.90 Å². The number of carbonyl (C=O) groups is 2. The Morgan fingerprint density at radius 3 is 2.36 bits per heavy atom. The molecular weight excluding hydrogens is 148 g/mol. The van der Waals surface area contributed by atoms with Crippen LogP contribution in [0.5, 0.6) is 0 Å². The molecule has 5 N–H and O–H groups in total. The zero-order valence-electron chi connectivity index (χ0n) is 6.33. The van der Waals surface area contributed by atoms with Gasteiger partial charge in [0.1, 0.15) is 0 Å². The Kier molecular flexibility index (Phi) is 4.16. The summed E-state index contributed by atoms with van der Waals surface area (Å²) in [6, 6.07) is 0. The molecule has 0 aromatic heterocycles. The van der Waals surface area contributed by atoms with Crippen LogP contribution in [0.1, 0.15) is 0 Å². The van der Waals surface area contributed by atoms with Crippen LogP contribution in [-0.4, -0.2) is 36.9 Å². The maximum Gasteiger partial charge on any atom is 0.248 e. The summed E-state index contributed by atoms with van der Waals surface area (Å²) in [5.41, 5.74) is 6.80. The fourth-order valence-corrected chi connectivity index (χ4v) is 0.613. The maximum absolute atomic E-state index is 10.6. The van der Waals surface area contributed by atoms with Crippen LogP contribution in [0.2, 0.25) is 0 Å². The number of primary amides is 1. The normalized spacial score (nSPS) is 9.73. The largest absolute Gasteiger partial charge is 0.369 e. The third kappa shape index (κ3) is 5.31. The number of likely N-dealkylation sites (N-methyl/N-ethyl adjacent to an activating group) is 1. The fraction of sp³-hybridized carbons (Fsp3) is 0.600. The van der Waals surface area contributed by atoms with Crippen molar-refractivity contribution in [2.75, 3.05) is 20.1 Å². The van der Waals surface area contributed by atoms with Gasteiger partial charge in [0.25, 0.3) is 0 Å². The minimum absolute atomic E-state index is 0.0490. The number of nitrogens with two attached hydrogens (primary N) is 2. The van der Waals surface area contributed by atoms with E-state index in [1.807, 2.05) is 5.43 Å². The van der Waals surface area contributed by atoms with Crippen molar-refractivity contribution in [2.45, 2.75) is 0 Å². The summed E-state index contributed by atoms with van der Waals surface area (Å²) in [6.45, 7) is 0.118. The molecule has 0 aromatic carbocycles. The highest BCUT2D eigenvalue weighted by molar-refractivity contribution is 5.79. The number of nitrogens with zero attached hydrogens (tertiary/aromatic N) is 1. The summed E-state index contributed by atoms with van der Waals surface area (Å²) in [5.74, 6) is 3.98. The molecule has 0 unspecified atom stereocenters. The number of hydrogen-bond donors (Lipinski definition) is 3. The molecule has 0 atom stereocenters. The Bertz CT molecular complexity index is 159. The molecule has 2 amide bonds. The molecule has 64 valence electrons. The van der Waals surface area contributed by atoms with E-state index >= 15 is 0 Å². The Balaban J connectivity index is 3.60. The van der Waals surface area contributed by atoms with Gasteiger partial charge in [-0.2, -0.15) is 0 Å². The van der Waals surface area contributed by atoms with Gasteiger partial charge in [-0.15, -0.1) is 0 Å². The first kappa shape index (κ1) is 9.86. The predicted molar refractivity (Wildman–Crippen MR) is 39.0 cm³/mol. The lowest BCUT2D eigenvalue weighted by Gasteiger charge is -2.11. The van der Waals surface area contributed by atoms with Gasteiger partial charge in [-0.1, -0.05) is 0 Å². The molecule has 0 aliphatic carbocycles. The molecule has 11 heavy (non-hydrogen) atoms. The first-order valence-corrected chi connectivity index (χ1v) is 3.02. The zero-order valence-corrected chi connectivity index (χ0v) is 6.33. The van der Waals surface area contributed by atoms with Crippen LogP contribution >= 0.6 is 0 Å². The van der Waals surface area contributed by atoms with Crippen molar-refractivity contribution in [1.82, 2.24) is 10.3 Å². The average Bonchev–Trinajstić information content (AvgIpc) is 1.85. The third-order valence-corrected chi connectivity index (χ3v) is 1.00. The Hall–Kier alpha value is -1.14. The lowest BCUT2D eigenvalue weighted by molar-refractivity contribution is -0.123. The first-order chi connectivity index (χ1) is 5.06. The number of nitrogens with one attached hydrogen (secondary N) is 1. The molecule has 0 aliphatic rings. The monoisotopic (exact) mass is 160 g/mol. The predicted octanol–water partition coefficient (Wildman–Crippen LogP) is -2.61. The molecule has 0 rings (SSSR count). The zero-order chi connectivity index (χ0) is 8.85. The molecule has 6 heteroatoms. The minimum atomic E-state index is -0.475. The molecule has 0 saturated heterocycles. The third-order valence-electron chi connectivity index (χ3n) is 1.00. The quantitative estimate of drug-likeness (QED) is 0.238. The second-order valence-corrected chi connectivity index (χ2v) is 2.21. The van der Waals surface area contributed by atoms with Gasteiger partial charge in [-0.3, -0.25) is 19.9 Å². The molecule has 0 aromatic rings. The lowest BCUT2D eigenvalue weighted by atomic mass is 10.5. The van der Waals surface area contributed by atoms with Crippen molar-refractivity contribution in [1.29, 1.82) is 0 Å². The smallest absolute Gasteiger partial charge is 0.248 e. The number of hydrogen-bond acceptors (Lipinski definition) is 4. The summed E-state index contributed by atoms with van der Waals surface area (Å²) in [5, 5.41) is 0. The van der Waals surface area contributed by atoms with E-state index in [1.54, 1.807) is 7.05 Å². The Labute approximate surface area is 64.5 Å². The number of rotatable bonds is 4. The van der Waals surface area contributed by atoms with Crippen LogP contribution in [0.25, 0.3) is 0 Å². The Morgan fingerprint density at radius 2 is 2.00 bits per heavy atom. The van der Waals surface area contributed by atoms with Crippen LogP contribution in [0, 0.1) is 0 Å². The van der Waals surface area contributed by atoms with E-state index < -0.39 is 5.91 Å². The lowest BCUT2D eigenvalue weighted by Crippen LogP contribution is -2.41. The molecule has 0 aliphatic heterocycles. The van der Waals surface area contributed by atoms with Crippen molar-refractivity contribution < 1.29 is 9.59 Å². The van der Waals surface area contributed by atoms with Crippen molar-refractivity contribution in [3.63, 3.8) is 0 Å². The highest BCUT2D eigenvalue weighted by Gasteiger charge is 2.06. The van der Waals surface area contributed by atoms with E-state index in [0.717, 1.165) is 0 Å². The van der Waals surface area contributed by atoms with Gasteiger partial charge in [-0.05, 0) is 7.05 Å². The van der Waals surface area contributed by atoms with Crippen LogP contribution in [-0.2, 0) is 9.59 Å². The SMILES string of the molecule is CN(CC(N)=O)CC(=O)NN. The van der Waals surface area contributed by atoms with E-state index in [9.17, 15) is 9.59 Å². The van der Waals surface area contributed by atoms with Gasteiger partial charge in [-0.25, -0.2) is 5.84 Å². The summed E-state index contributed by atoms with van der Waals surface area (Å²) in [7, 11) is 1.60. The van der Waals surface area contributed by atoms with Gasteiger partial charge in [0.2, 0.25) is 11.8 Å². The second-order valence-electron chi connectivity index (χ2n) is 2.21. The van der Waals surface area contributed by atoms with Crippen molar-refractivity contribution in [3.8, 4) is 0 Å². The summed E-state index contributed by atoms with van der Waals surface area (Å²) >= 11 is 0. The van der Waals surface area contributed by atoms with E-state index in [-0.39, 0.29) is 19.0 Å². The topological polar surface area (TPSA) is 101 Å². The van der Waals surface area contributed by atoms with Gasteiger partial charge in [0.05, 0.1) is 13.1 Å². The fourth-order valence-electron chi connectivity index (χ4n) is 0.613. The van der Waals surface area contributed by atoms with Gasteiger partial charge in [0, 0.05) is 0 Å². The standard InChI is InChI=1S/C5H12N4O2/c1-9(2-4(6)10)3-5(11)8-7/h2-3,7H2,1H3,(H2,6,10)(H,8,11). The van der Waals surface area contributed by atoms with Crippen molar-refractivity contribution in [2.24, 2.45) is 11.6 Å². The average molecular weight is 160 g/mol. The van der Waals surface area contributed by atoms with Crippen molar-refractivity contribution >= 4 is 11.8 Å². The molecular formula is C5H12N4O2. The summed E-state index contributed by atoms with van der Waals surface area (Å²) < 4.78 is 0. The summed E-state index contributed by atoms with van der Waals surface area (Å²) in [4.78, 5) is 22.3. The van der Waals surface area contributed by atoms with Crippen LogP contribution in [0.15, 0.2) is 0 Å². The highest BCUT2D eigenvalue weighted by Crippen LogP contribution is 1.78. The minimum Gasteiger partial charge on any atom is -0.369 e. The van der Waals surface area contributed by atoms with Gasteiger partial charge >= 0.3 is 0 Å². The molecule has 0 spiro atoms. The Morgan fingerprint density at radius 1 is 1.45 bits per heavy atom. The van der Waals surface area contributed by atoms with Crippen molar-refractivity contribution in [3.05, 3.63) is 0 Å². The molecule has 0 fully saturated rings. The van der Waals surface area contributed by atoms with E-state index in [2.05, 4.69) is 0 Å². The number of amides is 2. The van der Waals surface area contributed by atoms with Crippen LogP contribution < -0.4 is 17.0 Å². The second kappa shape index (κ2) is 4.64. The molecule has 0 bridgehead atoms. The van der Waals surface area contributed by atoms with Crippen LogP contribution in [0.4, 0.5) is 0 Å². The molecule has 6 nitrogen and oxygen atoms in total. The van der Waals surface area contributed by atoms with Gasteiger partial charge < -0.3 is 5.73 Å². The number of carbonyl (C=O) groups excluding carboxylic acids is 2. The molecule has 0 saturated carbocycles. The highest BCUT2D eigenvalue weighted by atomic mass is 16.2. The first-order valence-electron chi connectivity index (χ1n) is 3.02. The molecule has 0 heterocycles. The maximum atomic E-state index is 10.6. The summed E-state index contributed by atoms with van der Waals surface area (Å²) in [6.07, 6.45) is 0. The number of hydrazine groups is 1.